The molecule has 0 aromatic carbocycles. The lowest BCUT2D eigenvalue weighted by molar-refractivity contribution is -0.889. The van der Waals surface area contributed by atoms with E-state index in [0.717, 1.165) is 83.5 Å². The second kappa shape index (κ2) is 37.2. The van der Waals surface area contributed by atoms with E-state index in [1.165, 1.54) is 57.8 Å². The molecule has 0 saturated carbocycles. The van der Waals surface area contributed by atoms with E-state index in [2.05, 4.69) is 62.5 Å². The Morgan fingerprint density at radius 3 is 1.56 bits per heavy atom. The van der Waals surface area contributed by atoms with Crippen molar-refractivity contribution in [2.75, 3.05) is 41.0 Å². The molecule has 2 unspecified atom stereocenters. The number of likely N-dealkylation sites (N-methyl/N-ethyl adjacent to an activating group) is 1. The number of carboxylic acids is 1. The molecule has 312 valence electrons. The SMILES string of the molecule is CC/C=C/C/C=C/C/C=C/CCCCCCC(=O)OC(COCCC(C(=O)[O-])[N+](C)(C)C)COC(=O)CCCCCCC/C=C/CCCCCCCCC. The summed E-state index contributed by atoms with van der Waals surface area (Å²) in [6.45, 7) is 4.51. The van der Waals surface area contributed by atoms with Crippen LogP contribution in [0.15, 0.2) is 48.6 Å². The van der Waals surface area contributed by atoms with E-state index in [0.29, 0.717) is 12.8 Å². The van der Waals surface area contributed by atoms with Crippen LogP contribution >= 0.6 is 0 Å². The van der Waals surface area contributed by atoms with Gasteiger partial charge in [0.2, 0.25) is 0 Å². The zero-order chi connectivity index (χ0) is 40.0. The first-order valence-corrected chi connectivity index (χ1v) is 21.7. The highest BCUT2D eigenvalue weighted by molar-refractivity contribution is 5.70. The van der Waals surface area contributed by atoms with Crippen molar-refractivity contribution in [3.63, 3.8) is 0 Å². The van der Waals surface area contributed by atoms with Gasteiger partial charge in [-0.1, -0.05) is 133 Å². The zero-order valence-corrected chi connectivity index (χ0v) is 35.4. The Morgan fingerprint density at radius 2 is 1.04 bits per heavy atom. The number of hydrogen-bond donors (Lipinski definition) is 0. The Bertz CT molecular complexity index is 1030. The molecule has 0 bridgehead atoms. The van der Waals surface area contributed by atoms with Crippen LogP contribution in [-0.4, -0.2) is 75.5 Å². The number of esters is 2. The minimum absolute atomic E-state index is 0.0282. The average molecular weight is 760 g/mol. The van der Waals surface area contributed by atoms with Crippen LogP contribution in [0.2, 0.25) is 0 Å². The van der Waals surface area contributed by atoms with E-state index in [1.54, 1.807) is 21.1 Å². The summed E-state index contributed by atoms with van der Waals surface area (Å²) in [5.41, 5.74) is 0. The van der Waals surface area contributed by atoms with Gasteiger partial charge in [0.05, 0.1) is 40.3 Å². The largest absolute Gasteiger partial charge is 0.544 e. The molecule has 0 aromatic rings. The predicted octanol–water partition coefficient (Wildman–Crippen LogP) is 10.3. The van der Waals surface area contributed by atoms with Crippen molar-refractivity contribution in [2.45, 2.75) is 187 Å². The Hall–Kier alpha value is -2.71. The zero-order valence-electron chi connectivity index (χ0n) is 35.4. The first kappa shape index (κ1) is 51.3. The van der Waals surface area contributed by atoms with E-state index < -0.39 is 18.1 Å². The van der Waals surface area contributed by atoms with Crippen molar-refractivity contribution in [3.8, 4) is 0 Å². The van der Waals surface area contributed by atoms with Gasteiger partial charge in [-0.25, -0.2) is 0 Å². The van der Waals surface area contributed by atoms with Crippen molar-refractivity contribution in [3.05, 3.63) is 48.6 Å². The number of hydrogen-bond acceptors (Lipinski definition) is 7. The van der Waals surface area contributed by atoms with Crippen molar-refractivity contribution in [1.82, 2.24) is 0 Å². The van der Waals surface area contributed by atoms with Gasteiger partial charge >= 0.3 is 11.9 Å². The Morgan fingerprint density at radius 1 is 0.574 bits per heavy atom. The molecule has 0 aliphatic carbocycles. The molecular formula is C46H81NO7. The molecule has 0 heterocycles. The summed E-state index contributed by atoms with van der Waals surface area (Å²) in [5.74, 6) is -1.78. The Balaban J connectivity index is 4.40. The first-order chi connectivity index (χ1) is 26.1. The van der Waals surface area contributed by atoms with Crippen molar-refractivity contribution in [2.24, 2.45) is 0 Å². The van der Waals surface area contributed by atoms with Crippen LogP contribution in [0.5, 0.6) is 0 Å². The maximum atomic E-state index is 12.7. The van der Waals surface area contributed by atoms with Crippen LogP contribution < -0.4 is 5.11 Å². The van der Waals surface area contributed by atoms with E-state index >= 15 is 0 Å². The second-order valence-electron chi connectivity index (χ2n) is 15.5. The highest BCUT2D eigenvalue weighted by atomic mass is 16.6. The topological polar surface area (TPSA) is 102 Å². The molecule has 0 spiro atoms. The number of aliphatic carboxylic acids is 1. The van der Waals surface area contributed by atoms with Gasteiger partial charge in [-0.2, -0.15) is 0 Å². The molecule has 0 fully saturated rings. The summed E-state index contributed by atoms with van der Waals surface area (Å²) in [6, 6.07) is -0.731. The van der Waals surface area contributed by atoms with Gasteiger partial charge < -0.3 is 28.6 Å². The second-order valence-corrected chi connectivity index (χ2v) is 15.5. The smallest absolute Gasteiger partial charge is 0.306 e. The molecule has 8 heteroatoms. The van der Waals surface area contributed by atoms with Gasteiger partial charge in [0.25, 0.3) is 0 Å². The fourth-order valence-electron chi connectivity index (χ4n) is 6.08. The number of carbonyl (C=O) groups is 3. The van der Waals surface area contributed by atoms with Gasteiger partial charge in [0.1, 0.15) is 12.6 Å². The number of allylic oxidation sites excluding steroid dienone is 8. The standard InChI is InChI=1S/C46H81NO7/c1-6-8-10-12-14-16-18-20-22-23-25-26-28-30-32-34-36-44(48)53-41-42(40-52-39-38-43(46(50)51)47(3,4)5)54-45(49)37-35-33-31-29-27-24-21-19-17-15-13-11-9-7-2/h9,11,15,17,21-24,42-43H,6-8,10,12-14,16,18-20,25-41H2,1-5H3/b11-9+,17-15+,23-22+,24-21+. The molecule has 0 N–H and O–H groups in total. The van der Waals surface area contributed by atoms with Crippen LogP contribution in [0.1, 0.15) is 174 Å². The van der Waals surface area contributed by atoms with Gasteiger partial charge in [-0.15, -0.1) is 0 Å². The van der Waals surface area contributed by atoms with Crippen molar-refractivity contribution in [1.29, 1.82) is 0 Å². The number of carbonyl (C=O) groups excluding carboxylic acids is 3. The Labute approximate surface area is 331 Å². The van der Waals surface area contributed by atoms with E-state index in [-0.39, 0.29) is 42.7 Å². The summed E-state index contributed by atoms with van der Waals surface area (Å²) in [4.78, 5) is 36.8. The van der Waals surface area contributed by atoms with Crippen LogP contribution in [0.4, 0.5) is 0 Å². The average Bonchev–Trinajstić information content (AvgIpc) is 3.12. The number of unbranched alkanes of at least 4 members (excludes halogenated alkanes) is 16. The summed E-state index contributed by atoms with van der Waals surface area (Å²) < 4.78 is 17.1. The number of rotatable bonds is 38. The quantitative estimate of drug-likeness (QED) is 0.0267. The van der Waals surface area contributed by atoms with Crippen molar-refractivity contribution >= 4 is 17.9 Å². The summed E-state index contributed by atoms with van der Waals surface area (Å²) >= 11 is 0. The van der Waals surface area contributed by atoms with Gasteiger partial charge in [0.15, 0.2) is 6.10 Å². The van der Waals surface area contributed by atoms with E-state index in [4.69, 9.17) is 14.2 Å². The summed E-state index contributed by atoms with van der Waals surface area (Å²) in [6.07, 6.45) is 42.8. The molecule has 0 saturated heterocycles. The number of nitrogens with zero attached hydrogens (tertiary/aromatic N) is 1. The van der Waals surface area contributed by atoms with Crippen LogP contribution in [0.25, 0.3) is 0 Å². The normalized spacial score (nSPS) is 13.4. The monoisotopic (exact) mass is 760 g/mol. The van der Waals surface area contributed by atoms with Crippen LogP contribution in [-0.2, 0) is 28.6 Å². The van der Waals surface area contributed by atoms with Crippen LogP contribution in [0, 0.1) is 0 Å². The van der Waals surface area contributed by atoms with Crippen molar-refractivity contribution < 1.29 is 38.2 Å². The molecule has 0 radical (unpaired) electrons. The molecule has 0 amide bonds. The lowest BCUT2D eigenvalue weighted by Gasteiger charge is -2.34. The molecule has 8 nitrogen and oxygen atoms in total. The van der Waals surface area contributed by atoms with Gasteiger partial charge in [0, 0.05) is 19.3 Å². The number of quaternary nitrogens is 1. The highest BCUT2D eigenvalue weighted by Crippen LogP contribution is 2.13. The van der Waals surface area contributed by atoms with E-state index in [1.807, 2.05) is 0 Å². The first-order valence-electron chi connectivity index (χ1n) is 21.7. The maximum absolute atomic E-state index is 12.7. The van der Waals surface area contributed by atoms with Crippen LogP contribution in [0.3, 0.4) is 0 Å². The number of ether oxygens (including phenoxy) is 3. The molecular weight excluding hydrogens is 679 g/mol. The highest BCUT2D eigenvalue weighted by Gasteiger charge is 2.25. The lowest BCUT2D eigenvalue weighted by Crippen LogP contribution is -2.55. The molecule has 0 aromatic heterocycles. The summed E-state index contributed by atoms with van der Waals surface area (Å²) in [7, 11) is 5.39. The minimum Gasteiger partial charge on any atom is -0.544 e. The molecule has 2 atom stereocenters. The predicted molar refractivity (Wildman–Crippen MR) is 222 cm³/mol. The fraction of sp³-hybridized carbons (Fsp3) is 0.761. The molecule has 0 rings (SSSR count). The third-order valence-corrected chi connectivity index (χ3v) is 9.45. The van der Waals surface area contributed by atoms with Gasteiger partial charge in [-0.3, -0.25) is 9.59 Å². The molecule has 54 heavy (non-hydrogen) atoms. The summed E-state index contributed by atoms with van der Waals surface area (Å²) in [5, 5.41) is 11.6. The van der Waals surface area contributed by atoms with E-state index in [9.17, 15) is 19.5 Å². The Kier molecular flexibility index (Phi) is 35.4. The third-order valence-electron chi connectivity index (χ3n) is 9.45. The third kappa shape index (κ3) is 35.0. The molecule has 0 aliphatic rings. The number of carboxylic acid groups (broad SMARTS) is 1. The van der Waals surface area contributed by atoms with Gasteiger partial charge in [-0.05, 0) is 70.6 Å². The minimum atomic E-state index is -1.13. The molecule has 0 aliphatic heterocycles. The maximum Gasteiger partial charge on any atom is 0.306 e. The lowest BCUT2D eigenvalue weighted by atomic mass is 10.1. The fourth-order valence-corrected chi connectivity index (χ4v) is 6.08.